The molecule has 0 aliphatic heterocycles. The Morgan fingerprint density at radius 2 is 1.52 bits per heavy atom. The van der Waals surface area contributed by atoms with Crippen molar-refractivity contribution in [2.75, 3.05) is 32.0 Å². The molecule has 0 spiro atoms. The molecular weight excluding hydrogens is 388 g/mol. The van der Waals surface area contributed by atoms with Crippen molar-refractivity contribution < 1.29 is 19.0 Å². The fraction of sp³-hybridized carbons (Fsp3) is 0.278. The molecule has 2 N–H and O–H groups in total. The highest BCUT2D eigenvalue weighted by Crippen LogP contribution is 2.40. The van der Waals surface area contributed by atoms with Crippen LogP contribution in [0, 0.1) is 0 Å². The predicted molar refractivity (Wildman–Crippen MR) is 102 cm³/mol. The summed E-state index contributed by atoms with van der Waals surface area (Å²) in [4.78, 5) is 12.4. The number of nitrogens with one attached hydrogen (secondary N) is 2. The zero-order chi connectivity index (χ0) is 18.4. The summed E-state index contributed by atoms with van der Waals surface area (Å²) >= 11 is 3.36. The van der Waals surface area contributed by atoms with Crippen LogP contribution in [0.3, 0.4) is 0 Å². The molecule has 7 heteroatoms. The molecule has 1 amide bonds. The van der Waals surface area contributed by atoms with Crippen molar-refractivity contribution in [3.05, 3.63) is 40.9 Å². The third-order valence-corrected chi connectivity index (χ3v) is 4.08. The number of amides is 1. The summed E-state index contributed by atoms with van der Waals surface area (Å²) in [7, 11) is 4.64. The number of benzene rings is 2. The van der Waals surface area contributed by atoms with Gasteiger partial charge in [-0.3, -0.25) is 4.79 Å². The zero-order valence-electron chi connectivity index (χ0n) is 14.6. The maximum atomic E-state index is 12.4. The summed E-state index contributed by atoms with van der Waals surface area (Å²) in [5.41, 5.74) is 1.42. The second kappa shape index (κ2) is 8.62. The molecule has 0 bridgehead atoms. The first-order chi connectivity index (χ1) is 12.0. The van der Waals surface area contributed by atoms with Crippen molar-refractivity contribution in [3.63, 3.8) is 0 Å². The molecule has 0 saturated carbocycles. The van der Waals surface area contributed by atoms with Gasteiger partial charge in [0.2, 0.25) is 11.7 Å². The van der Waals surface area contributed by atoms with E-state index in [1.807, 2.05) is 24.3 Å². The van der Waals surface area contributed by atoms with Crippen LogP contribution in [0.4, 0.5) is 11.4 Å². The Balaban J connectivity index is 2.12. The fourth-order valence-electron chi connectivity index (χ4n) is 2.26. The van der Waals surface area contributed by atoms with E-state index >= 15 is 0 Å². The van der Waals surface area contributed by atoms with Gasteiger partial charge >= 0.3 is 0 Å². The summed E-state index contributed by atoms with van der Waals surface area (Å²) < 4.78 is 16.9. The van der Waals surface area contributed by atoms with E-state index in [2.05, 4.69) is 26.6 Å². The van der Waals surface area contributed by atoms with Crippen molar-refractivity contribution in [1.82, 2.24) is 0 Å². The van der Waals surface area contributed by atoms with Crippen LogP contribution in [0.2, 0.25) is 0 Å². The summed E-state index contributed by atoms with van der Waals surface area (Å²) in [5, 5.41) is 6.00. The molecule has 1 unspecified atom stereocenters. The van der Waals surface area contributed by atoms with Crippen LogP contribution in [0.1, 0.15) is 6.92 Å². The van der Waals surface area contributed by atoms with Crippen LogP contribution in [-0.2, 0) is 4.79 Å². The lowest BCUT2D eigenvalue weighted by Crippen LogP contribution is -2.31. The monoisotopic (exact) mass is 408 g/mol. The third kappa shape index (κ3) is 4.79. The van der Waals surface area contributed by atoms with E-state index in [4.69, 9.17) is 14.2 Å². The Hall–Kier alpha value is -2.41. The highest BCUT2D eigenvalue weighted by atomic mass is 79.9. The van der Waals surface area contributed by atoms with E-state index < -0.39 is 6.04 Å². The molecular formula is C18H21BrN2O4. The minimum atomic E-state index is -0.466. The van der Waals surface area contributed by atoms with E-state index in [1.54, 1.807) is 40.4 Å². The lowest BCUT2D eigenvalue weighted by atomic mass is 10.2. The number of carbonyl (C=O) groups excluding carboxylic acids is 1. The molecule has 0 aromatic heterocycles. The second-order valence-electron chi connectivity index (χ2n) is 5.28. The molecule has 25 heavy (non-hydrogen) atoms. The van der Waals surface area contributed by atoms with Gasteiger partial charge < -0.3 is 24.8 Å². The standard InChI is InChI=1S/C18H21BrN2O4/c1-11(18(22)21-13-7-5-12(19)6-8-13)20-14-9-15(23-2)17(25-4)16(10-14)24-3/h5-11,20H,1-4H3,(H,21,22). The zero-order valence-corrected chi connectivity index (χ0v) is 16.1. The van der Waals surface area contributed by atoms with Crippen LogP contribution in [0.15, 0.2) is 40.9 Å². The van der Waals surface area contributed by atoms with Gasteiger partial charge in [-0.1, -0.05) is 15.9 Å². The number of halogens is 1. The Labute approximate surface area is 155 Å². The van der Waals surface area contributed by atoms with Gasteiger partial charge in [0, 0.05) is 28.0 Å². The molecule has 2 aromatic rings. The van der Waals surface area contributed by atoms with Gasteiger partial charge in [-0.15, -0.1) is 0 Å². The van der Waals surface area contributed by atoms with Crippen LogP contribution in [0.25, 0.3) is 0 Å². The second-order valence-corrected chi connectivity index (χ2v) is 6.19. The molecule has 6 nitrogen and oxygen atoms in total. The van der Waals surface area contributed by atoms with Gasteiger partial charge in [0.15, 0.2) is 11.5 Å². The van der Waals surface area contributed by atoms with E-state index in [9.17, 15) is 4.79 Å². The summed E-state index contributed by atoms with van der Waals surface area (Å²) in [6, 6.07) is 10.4. The van der Waals surface area contributed by atoms with Gasteiger partial charge in [-0.2, -0.15) is 0 Å². The van der Waals surface area contributed by atoms with Crippen LogP contribution < -0.4 is 24.8 Å². The topological polar surface area (TPSA) is 68.8 Å². The maximum absolute atomic E-state index is 12.4. The average molecular weight is 409 g/mol. The summed E-state index contributed by atoms with van der Waals surface area (Å²) in [6.07, 6.45) is 0. The minimum Gasteiger partial charge on any atom is -0.493 e. The van der Waals surface area contributed by atoms with Crippen molar-refractivity contribution in [2.45, 2.75) is 13.0 Å². The number of ether oxygens (including phenoxy) is 3. The summed E-state index contributed by atoms with van der Waals surface area (Å²) in [5.74, 6) is 1.38. The number of anilines is 2. The Bertz CT molecular complexity index is 709. The van der Waals surface area contributed by atoms with E-state index in [-0.39, 0.29) is 5.91 Å². The highest BCUT2D eigenvalue weighted by molar-refractivity contribution is 9.10. The first-order valence-electron chi connectivity index (χ1n) is 7.61. The average Bonchev–Trinajstić information content (AvgIpc) is 2.62. The summed E-state index contributed by atoms with van der Waals surface area (Å²) in [6.45, 7) is 1.78. The smallest absolute Gasteiger partial charge is 0.246 e. The Kier molecular flexibility index (Phi) is 6.52. The SMILES string of the molecule is COc1cc(NC(C)C(=O)Nc2ccc(Br)cc2)cc(OC)c1OC. The molecule has 1 atom stereocenters. The maximum Gasteiger partial charge on any atom is 0.246 e. The van der Waals surface area contributed by atoms with E-state index in [0.717, 1.165) is 10.2 Å². The van der Waals surface area contributed by atoms with Crippen molar-refractivity contribution in [1.29, 1.82) is 0 Å². The molecule has 0 aliphatic carbocycles. The molecule has 0 aliphatic rings. The van der Waals surface area contributed by atoms with Crippen LogP contribution in [0.5, 0.6) is 17.2 Å². The lowest BCUT2D eigenvalue weighted by Gasteiger charge is -2.18. The number of rotatable bonds is 7. The number of hydrogen-bond acceptors (Lipinski definition) is 5. The van der Waals surface area contributed by atoms with Crippen molar-refractivity contribution in [3.8, 4) is 17.2 Å². The largest absolute Gasteiger partial charge is 0.493 e. The molecule has 2 aromatic carbocycles. The van der Waals surface area contributed by atoms with Crippen molar-refractivity contribution >= 4 is 33.2 Å². The number of carbonyl (C=O) groups is 1. The third-order valence-electron chi connectivity index (χ3n) is 3.55. The molecule has 0 radical (unpaired) electrons. The Morgan fingerprint density at radius 1 is 0.960 bits per heavy atom. The minimum absolute atomic E-state index is 0.156. The van der Waals surface area contributed by atoms with Crippen LogP contribution >= 0.6 is 15.9 Å². The quantitative estimate of drug-likeness (QED) is 0.726. The van der Waals surface area contributed by atoms with E-state index in [0.29, 0.717) is 22.9 Å². The number of methoxy groups -OCH3 is 3. The lowest BCUT2D eigenvalue weighted by molar-refractivity contribution is -0.116. The normalized spacial score (nSPS) is 11.4. The van der Waals surface area contributed by atoms with Gasteiger partial charge in [0.1, 0.15) is 6.04 Å². The first kappa shape index (κ1) is 18.9. The molecule has 0 fully saturated rings. The highest BCUT2D eigenvalue weighted by Gasteiger charge is 2.17. The Morgan fingerprint density at radius 3 is 2.00 bits per heavy atom. The fourth-order valence-corrected chi connectivity index (χ4v) is 2.53. The molecule has 134 valence electrons. The van der Waals surface area contributed by atoms with Gasteiger partial charge in [-0.05, 0) is 31.2 Å². The molecule has 0 heterocycles. The predicted octanol–water partition coefficient (Wildman–Crippen LogP) is 3.91. The van der Waals surface area contributed by atoms with Crippen LogP contribution in [-0.4, -0.2) is 33.3 Å². The first-order valence-corrected chi connectivity index (χ1v) is 8.40. The number of hydrogen-bond donors (Lipinski definition) is 2. The molecule has 2 rings (SSSR count). The van der Waals surface area contributed by atoms with Gasteiger partial charge in [-0.25, -0.2) is 0 Å². The van der Waals surface area contributed by atoms with Gasteiger partial charge in [0.05, 0.1) is 21.3 Å². The molecule has 0 saturated heterocycles. The van der Waals surface area contributed by atoms with E-state index in [1.165, 1.54) is 0 Å². The van der Waals surface area contributed by atoms with Crippen molar-refractivity contribution in [2.24, 2.45) is 0 Å². The van der Waals surface area contributed by atoms with Gasteiger partial charge in [0.25, 0.3) is 0 Å².